The van der Waals surface area contributed by atoms with Gasteiger partial charge in [0.1, 0.15) is 5.15 Å². The highest BCUT2D eigenvalue weighted by atomic mass is 35.5. The highest BCUT2D eigenvalue weighted by Crippen LogP contribution is 2.11. The van der Waals surface area contributed by atoms with E-state index in [4.69, 9.17) is 11.6 Å². The number of amides is 2. The molecule has 104 valence electrons. The normalized spacial score (nSPS) is 10.4. The van der Waals surface area contributed by atoms with E-state index >= 15 is 0 Å². The number of pyridine rings is 1. The Hall–Kier alpha value is -1.62. The summed E-state index contributed by atoms with van der Waals surface area (Å²) in [7, 11) is 0. The number of carbonyl (C=O) groups is 2. The highest BCUT2D eigenvalue weighted by Gasteiger charge is 2.10. The Morgan fingerprint density at radius 3 is 2.63 bits per heavy atom. The average Bonchev–Trinajstić information content (AvgIpc) is 2.34. The summed E-state index contributed by atoms with van der Waals surface area (Å²) in [6, 6.07) is 3.20. The molecule has 1 aromatic heterocycles. The molecule has 19 heavy (non-hydrogen) atoms. The number of hydrogen-bond donors (Lipinski definition) is 2. The van der Waals surface area contributed by atoms with Crippen LogP contribution in [-0.4, -0.2) is 29.4 Å². The molecule has 5 nitrogen and oxygen atoms in total. The zero-order chi connectivity index (χ0) is 14.4. The monoisotopic (exact) mass is 283 g/mol. The van der Waals surface area contributed by atoms with Crippen LogP contribution in [0.1, 0.15) is 36.8 Å². The van der Waals surface area contributed by atoms with Crippen LogP contribution in [0.5, 0.6) is 0 Å². The molecule has 0 aliphatic carbocycles. The number of rotatable bonds is 5. The van der Waals surface area contributed by atoms with Crippen LogP contribution < -0.4 is 10.6 Å². The first-order chi connectivity index (χ1) is 8.92. The maximum Gasteiger partial charge on any atom is 0.251 e. The molecule has 0 aromatic carbocycles. The molecule has 0 aliphatic heterocycles. The summed E-state index contributed by atoms with van der Waals surface area (Å²) in [4.78, 5) is 27.4. The summed E-state index contributed by atoms with van der Waals surface area (Å²) in [5.41, 5.74) is 1.15. The standard InChI is InChI=1S/C13H18ClN3O2/c1-4-10-5-9(6-11(14)17-10)13(19)15-7-12(18)16-8(2)3/h5-6,8H,4,7H2,1-3H3,(H,15,19)(H,16,18). The smallest absolute Gasteiger partial charge is 0.251 e. The molecule has 0 spiro atoms. The van der Waals surface area contributed by atoms with Gasteiger partial charge in [0, 0.05) is 17.3 Å². The molecule has 2 N–H and O–H groups in total. The molecule has 6 heteroatoms. The molecule has 0 fully saturated rings. The van der Waals surface area contributed by atoms with E-state index in [1.54, 1.807) is 6.07 Å². The van der Waals surface area contributed by atoms with Gasteiger partial charge in [-0.05, 0) is 32.4 Å². The van der Waals surface area contributed by atoms with Gasteiger partial charge < -0.3 is 10.6 Å². The fraction of sp³-hybridized carbons (Fsp3) is 0.462. The molecule has 0 aliphatic rings. The molecule has 0 saturated heterocycles. The van der Waals surface area contributed by atoms with E-state index in [0.29, 0.717) is 12.0 Å². The van der Waals surface area contributed by atoms with Crippen LogP contribution in [0, 0.1) is 0 Å². The number of carbonyl (C=O) groups excluding carboxylic acids is 2. The lowest BCUT2D eigenvalue weighted by molar-refractivity contribution is -0.120. The van der Waals surface area contributed by atoms with E-state index in [1.165, 1.54) is 6.07 Å². The van der Waals surface area contributed by atoms with Gasteiger partial charge in [0.15, 0.2) is 0 Å². The Bertz CT molecular complexity index is 475. The van der Waals surface area contributed by atoms with Crippen molar-refractivity contribution in [2.75, 3.05) is 6.54 Å². The maximum atomic E-state index is 11.9. The van der Waals surface area contributed by atoms with Gasteiger partial charge in [0.05, 0.1) is 6.54 Å². The number of hydrogen-bond acceptors (Lipinski definition) is 3. The van der Waals surface area contributed by atoms with Crippen LogP contribution in [0.3, 0.4) is 0 Å². The molecular formula is C13H18ClN3O2. The first kappa shape index (κ1) is 15.4. The second kappa shape index (κ2) is 7.09. The van der Waals surface area contributed by atoms with Gasteiger partial charge in [-0.25, -0.2) is 4.98 Å². The lowest BCUT2D eigenvalue weighted by Gasteiger charge is -2.09. The lowest BCUT2D eigenvalue weighted by Crippen LogP contribution is -2.39. The number of nitrogens with zero attached hydrogens (tertiary/aromatic N) is 1. The van der Waals surface area contributed by atoms with Crippen molar-refractivity contribution in [2.24, 2.45) is 0 Å². The Balaban J connectivity index is 2.63. The summed E-state index contributed by atoms with van der Waals surface area (Å²) in [6.45, 7) is 5.58. The average molecular weight is 284 g/mol. The van der Waals surface area contributed by atoms with E-state index in [2.05, 4.69) is 15.6 Å². The Kier molecular flexibility index (Phi) is 5.76. The van der Waals surface area contributed by atoms with Crippen molar-refractivity contribution >= 4 is 23.4 Å². The molecule has 0 radical (unpaired) electrons. The summed E-state index contributed by atoms with van der Waals surface area (Å²) < 4.78 is 0. The van der Waals surface area contributed by atoms with Crippen LogP contribution in [0.25, 0.3) is 0 Å². The van der Waals surface area contributed by atoms with Crippen molar-refractivity contribution < 1.29 is 9.59 Å². The predicted octanol–water partition coefficient (Wildman–Crippen LogP) is 1.55. The molecular weight excluding hydrogens is 266 g/mol. The fourth-order valence-electron chi connectivity index (χ4n) is 1.50. The minimum absolute atomic E-state index is 0.0477. The predicted molar refractivity (Wildman–Crippen MR) is 74.2 cm³/mol. The van der Waals surface area contributed by atoms with Crippen molar-refractivity contribution in [3.05, 3.63) is 28.5 Å². The molecule has 1 rings (SSSR count). The largest absolute Gasteiger partial charge is 0.352 e. The van der Waals surface area contributed by atoms with Gasteiger partial charge in [0.2, 0.25) is 5.91 Å². The third-order valence-electron chi connectivity index (χ3n) is 2.33. The molecule has 0 bridgehead atoms. The second-order valence-corrected chi connectivity index (χ2v) is 4.82. The van der Waals surface area contributed by atoms with Gasteiger partial charge in [-0.3, -0.25) is 9.59 Å². The Morgan fingerprint density at radius 1 is 1.37 bits per heavy atom. The van der Waals surface area contributed by atoms with Gasteiger partial charge in [-0.2, -0.15) is 0 Å². The van der Waals surface area contributed by atoms with Crippen molar-refractivity contribution in [2.45, 2.75) is 33.2 Å². The van der Waals surface area contributed by atoms with Crippen LogP contribution in [0.15, 0.2) is 12.1 Å². The molecule has 2 amide bonds. The van der Waals surface area contributed by atoms with Crippen LogP contribution in [0.4, 0.5) is 0 Å². The quantitative estimate of drug-likeness (QED) is 0.806. The Labute approximate surface area is 117 Å². The minimum Gasteiger partial charge on any atom is -0.352 e. The summed E-state index contributed by atoms with van der Waals surface area (Å²) >= 11 is 5.83. The third-order valence-corrected chi connectivity index (χ3v) is 2.52. The molecule has 0 unspecified atom stereocenters. The van der Waals surface area contributed by atoms with Gasteiger partial charge in [0.25, 0.3) is 5.91 Å². The zero-order valence-corrected chi connectivity index (χ0v) is 12.0. The number of aromatic nitrogens is 1. The van der Waals surface area contributed by atoms with E-state index in [1.807, 2.05) is 20.8 Å². The summed E-state index contributed by atoms with van der Waals surface area (Å²) in [5.74, 6) is -0.558. The summed E-state index contributed by atoms with van der Waals surface area (Å²) in [6.07, 6.45) is 0.689. The molecule has 0 atom stereocenters. The molecule has 1 aromatic rings. The summed E-state index contributed by atoms with van der Waals surface area (Å²) in [5, 5.41) is 5.51. The lowest BCUT2D eigenvalue weighted by atomic mass is 10.2. The maximum absolute atomic E-state index is 11.9. The third kappa shape index (κ3) is 5.26. The first-order valence-corrected chi connectivity index (χ1v) is 6.54. The highest BCUT2D eigenvalue weighted by molar-refractivity contribution is 6.29. The van der Waals surface area contributed by atoms with Crippen molar-refractivity contribution in [1.29, 1.82) is 0 Å². The van der Waals surface area contributed by atoms with Crippen molar-refractivity contribution in [3.8, 4) is 0 Å². The number of nitrogens with one attached hydrogen (secondary N) is 2. The topological polar surface area (TPSA) is 71.1 Å². The van der Waals surface area contributed by atoms with Crippen molar-refractivity contribution in [3.63, 3.8) is 0 Å². The number of halogens is 1. The van der Waals surface area contributed by atoms with Gasteiger partial charge in [-0.1, -0.05) is 18.5 Å². The second-order valence-electron chi connectivity index (χ2n) is 4.43. The SMILES string of the molecule is CCc1cc(C(=O)NCC(=O)NC(C)C)cc(Cl)n1. The first-order valence-electron chi connectivity index (χ1n) is 6.16. The molecule has 1 heterocycles. The number of aryl methyl sites for hydroxylation is 1. The van der Waals surface area contributed by atoms with E-state index in [9.17, 15) is 9.59 Å². The van der Waals surface area contributed by atoms with Crippen molar-refractivity contribution in [1.82, 2.24) is 15.6 Å². The van der Waals surface area contributed by atoms with Gasteiger partial charge >= 0.3 is 0 Å². The Morgan fingerprint density at radius 2 is 2.05 bits per heavy atom. The zero-order valence-electron chi connectivity index (χ0n) is 11.3. The van der Waals surface area contributed by atoms with Crippen LogP contribution in [0.2, 0.25) is 5.15 Å². The van der Waals surface area contributed by atoms with E-state index in [-0.39, 0.29) is 29.6 Å². The van der Waals surface area contributed by atoms with Crippen LogP contribution in [-0.2, 0) is 11.2 Å². The van der Waals surface area contributed by atoms with Gasteiger partial charge in [-0.15, -0.1) is 0 Å². The van der Waals surface area contributed by atoms with E-state index in [0.717, 1.165) is 5.69 Å². The fourth-order valence-corrected chi connectivity index (χ4v) is 1.73. The van der Waals surface area contributed by atoms with Crippen LogP contribution >= 0.6 is 11.6 Å². The minimum atomic E-state index is -0.335. The molecule has 0 saturated carbocycles. The van der Waals surface area contributed by atoms with E-state index < -0.39 is 0 Å².